The lowest BCUT2D eigenvalue weighted by atomic mass is 10.2. The molecule has 0 radical (unpaired) electrons. The lowest BCUT2D eigenvalue weighted by Gasteiger charge is -2.16. The zero-order chi connectivity index (χ0) is 13.0. The normalized spacial score (nSPS) is 13.8. The smallest absolute Gasteiger partial charge is 0.328 e. The molecule has 1 heterocycles. The number of hydrogen-bond donors (Lipinski definition) is 3. The standard InChI is InChI=1S/C10H11ClN2O4/c1-5(14)8(10(16)17)13-9(15)6-3-2-4-7(11)12-6/h2-5,8,14H,1H3,(H,13,15)(H,16,17)/t5-,8+/m1/s1. The van der Waals surface area contributed by atoms with Gasteiger partial charge in [0.2, 0.25) is 0 Å². The number of aromatic nitrogens is 1. The summed E-state index contributed by atoms with van der Waals surface area (Å²) >= 11 is 5.59. The highest BCUT2D eigenvalue weighted by molar-refractivity contribution is 6.29. The monoisotopic (exact) mass is 258 g/mol. The topological polar surface area (TPSA) is 99.5 Å². The van der Waals surface area contributed by atoms with Crippen molar-refractivity contribution >= 4 is 23.5 Å². The average molecular weight is 259 g/mol. The molecule has 6 nitrogen and oxygen atoms in total. The molecule has 1 aromatic heterocycles. The van der Waals surface area contributed by atoms with Gasteiger partial charge in [0.15, 0.2) is 6.04 Å². The maximum atomic E-state index is 11.6. The van der Waals surface area contributed by atoms with E-state index >= 15 is 0 Å². The van der Waals surface area contributed by atoms with Crippen LogP contribution in [0.25, 0.3) is 0 Å². The van der Waals surface area contributed by atoms with Crippen LogP contribution in [-0.2, 0) is 4.79 Å². The van der Waals surface area contributed by atoms with Gasteiger partial charge in [0.25, 0.3) is 5.91 Å². The Balaban J connectivity index is 2.81. The van der Waals surface area contributed by atoms with Crippen molar-refractivity contribution in [3.05, 3.63) is 29.0 Å². The number of amides is 1. The molecular weight excluding hydrogens is 248 g/mol. The molecule has 0 aliphatic rings. The lowest BCUT2D eigenvalue weighted by Crippen LogP contribution is -2.47. The Kier molecular flexibility index (Phi) is 4.42. The Morgan fingerprint density at radius 1 is 1.47 bits per heavy atom. The minimum atomic E-state index is -1.39. The van der Waals surface area contributed by atoms with Crippen LogP contribution < -0.4 is 5.32 Å². The Bertz CT molecular complexity index is 436. The van der Waals surface area contributed by atoms with E-state index in [-0.39, 0.29) is 10.8 Å². The number of aliphatic carboxylic acids is 1. The van der Waals surface area contributed by atoms with Crippen LogP contribution in [0.3, 0.4) is 0 Å². The number of nitrogens with zero attached hydrogens (tertiary/aromatic N) is 1. The summed E-state index contributed by atoms with van der Waals surface area (Å²) in [4.78, 5) is 26.1. The molecule has 0 fully saturated rings. The van der Waals surface area contributed by atoms with E-state index in [2.05, 4.69) is 10.3 Å². The number of aliphatic hydroxyl groups excluding tert-OH is 1. The number of carbonyl (C=O) groups is 2. The third-order valence-corrected chi connectivity index (χ3v) is 2.19. The van der Waals surface area contributed by atoms with E-state index in [0.717, 1.165) is 0 Å². The van der Waals surface area contributed by atoms with Crippen molar-refractivity contribution in [2.24, 2.45) is 0 Å². The maximum Gasteiger partial charge on any atom is 0.328 e. The number of nitrogens with one attached hydrogen (secondary N) is 1. The van der Waals surface area contributed by atoms with Gasteiger partial charge in [0.05, 0.1) is 6.10 Å². The number of carbonyl (C=O) groups excluding carboxylic acids is 1. The summed E-state index contributed by atoms with van der Waals surface area (Å²) in [6, 6.07) is 3.01. The molecule has 0 bridgehead atoms. The molecule has 1 aromatic rings. The van der Waals surface area contributed by atoms with Gasteiger partial charge >= 0.3 is 5.97 Å². The van der Waals surface area contributed by atoms with Gasteiger partial charge in [0.1, 0.15) is 10.8 Å². The Morgan fingerprint density at radius 2 is 2.12 bits per heavy atom. The van der Waals surface area contributed by atoms with E-state index in [1.807, 2.05) is 0 Å². The van der Waals surface area contributed by atoms with Crippen LogP contribution in [0.2, 0.25) is 5.15 Å². The van der Waals surface area contributed by atoms with Crippen molar-refractivity contribution in [1.29, 1.82) is 0 Å². The van der Waals surface area contributed by atoms with Crippen LogP contribution in [0.4, 0.5) is 0 Å². The van der Waals surface area contributed by atoms with Crippen molar-refractivity contribution in [3.8, 4) is 0 Å². The number of pyridine rings is 1. The van der Waals surface area contributed by atoms with Crippen LogP contribution in [0.1, 0.15) is 17.4 Å². The van der Waals surface area contributed by atoms with Gasteiger partial charge in [-0.05, 0) is 19.1 Å². The Morgan fingerprint density at radius 3 is 2.59 bits per heavy atom. The Labute approximate surface area is 102 Å². The van der Waals surface area contributed by atoms with E-state index < -0.39 is 24.0 Å². The second kappa shape index (κ2) is 5.60. The molecule has 0 aliphatic heterocycles. The van der Waals surface area contributed by atoms with E-state index in [4.69, 9.17) is 16.7 Å². The fourth-order valence-corrected chi connectivity index (χ4v) is 1.30. The number of halogens is 1. The summed E-state index contributed by atoms with van der Waals surface area (Å²) in [5.74, 6) is -2.03. The summed E-state index contributed by atoms with van der Waals surface area (Å²) in [7, 11) is 0. The molecule has 17 heavy (non-hydrogen) atoms. The zero-order valence-electron chi connectivity index (χ0n) is 8.92. The second-order valence-electron chi connectivity index (χ2n) is 3.38. The first-order chi connectivity index (χ1) is 7.91. The zero-order valence-corrected chi connectivity index (χ0v) is 9.68. The van der Waals surface area contributed by atoms with E-state index in [0.29, 0.717) is 0 Å². The molecule has 2 atom stereocenters. The van der Waals surface area contributed by atoms with Gasteiger partial charge in [-0.25, -0.2) is 9.78 Å². The predicted molar refractivity (Wildman–Crippen MR) is 59.8 cm³/mol. The first-order valence-electron chi connectivity index (χ1n) is 4.76. The van der Waals surface area contributed by atoms with Crippen molar-refractivity contribution in [3.63, 3.8) is 0 Å². The van der Waals surface area contributed by atoms with Crippen LogP contribution in [0.15, 0.2) is 18.2 Å². The minimum Gasteiger partial charge on any atom is -0.480 e. The molecule has 3 N–H and O–H groups in total. The number of rotatable bonds is 4. The van der Waals surface area contributed by atoms with E-state index in [9.17, 15) is 14.7 Å². The van der Waals surface area contributed by atoms with Gasteiger partial charge in [-0.15, -0.1) is 0 Å². The maximum absolute atomic E-state index is 11.6. The largest absolute Gasteiger partial charge is 0.480 e. The van der Waals surface area contributed by atoms with E-state index in [1.165, 1.54) is 25.1 Å². The van der Waals surface area contributed by atoms with Crippen molar-refractivity contribution < 1.29 is 19.8 Å². The van der Waals surface area contributed by atoms with Crippen molar-refractivity contribution in [2.75, 3.05) is 0 Å². The molecule has 0 aliphatic carbocycles. The van der Waals surface area contributed by atoms with Crippen molar-refractivity contribution in [1.82, 2.24) is 10.3 Å². The van der Waals surface area contributed by atoms with Crippen LogP contribution in [-0.4, -0.2) is 39.2 Å². The highest BCUT2D eigenvalue weighted by Gasteiger charge is 2.25. The minimum absolute atomic E-state index is 0.00981. The highest BCUT2D eigenvalue weighted by Crippen LogP contribution is 2.05. The second-order valence-corrected chi connectivity index (χ2v) is 3.76. The molecule has 0 saturated carbocycles. The fourth-order valence-electron chi connectivity index (χ4n) is 1.14. The highest BCUT2D eigenvalue weighted by atomic mass is 35.5. The first kappa shape index (κ1) is 13.4. The molecule has 0 saturated heterocycles. The van der Waals surface area contributed by atoms with Crippen LogP contribution in [0, 0.1) is 0 Å². The van der Waals surface area contributed by atoms with Gasteiger partial charge in [-0.3, -0.25) is 4.79 Å². The third-order valence-electron chi connectivity index (χ3n) is 1.98. The summed E-state index contributed by atoms with van der Waals surface area (Å²) in [5, 5.41) is 20.2. The molecule has 0 spiro atoms. The molecular formula is C10H11ClN2O4. The lowest BCUT2D eigenvalue weighted by molar-refractivity contribution is -0.141. The predicted octanol–water partition coefficient (Wildman–Crippen LogP) is 0.299. The number of aliphatic hydroxyl groups is 1. The third kappa shape index (κ3) is 3.69. The summed E-state index contributed by atoms with van der Waals surface area (Å²) < 4.78 is 0. The van der Waals surface area contributed by atoms with Gasteiger partial charge < -0.3 is 15.5 Å². The van der Waals surface area contributed by atoms with Crippen LogP contribution >= 0.6 is 11.6 Å². The SMILES string of the molecule is C[C@@H](O)[C@H](NC(=O)c1cccc(Cl)n1)C(=O)O. The average Bonchev–Trinajstić information content (AvgIpc) is 2.24. The first-order valence-corrected chi connectivity index (χ1v) is 5.14. The summed E-state index contributed by atoms with van der Waals surface area (Å²) in [5.41, 5.74) is -0.00981. The molecule has 7 heteroatoms. The molecule has 1 amide bonds. The van der Waals surface area contributed by atoms with Gasteiger partial charge in [0, 0.05) is 0 Å². The summed E-state index contributed by atoms with van der Waals surface area (Å²) in [6.45, 7) is 1.27. The van der Waals surface area contributed by atoms with Crippen molar-refractivity contribution in [2.45, 2.75) is 19.1 Å². The number of carboxylic acids is 1. The molecule has 92 valence electrons. The number of hydrogen-bond acceptors (Lipinski definition) is 4. The van der Waals surface area contributed by atoms with E-state index in [1.54, 1.807) is 0 Å². The molecule has 1 rings (SSSR count). The molecule has 0 aromatic carbocycles. The quantitative estimate of drug-likeness (QED) is 0.675. The van der Waals surface area contributed by atoms with Crippen LogP contribution in [0.5, 0.6) is 0 Å². The fraction of sp³-hybridized carbons (Fsp3) is 0.300. The van der Waals surface area contributed by atoms with Gasteiger partial charge in [-0.2, -0.15) is 0 Å². The van der Waals surface area contributed by atoms with Gasteiger partial charge in [-0.1, -0.05) is 17.7 Å². The Hall–Kier alpha value is -1.66. The molecule has 0 unspecified atom stereocenters. The summed E-state index contributed by atoms with van der Waals surface area (Å²) in [6.07, 6.45) is -1.21. The number of carboxylic acid groups (broad SMARTS) is 1.